The summed E-state index contributed by atoms with van der Waals surface area (Å²) in [5.74, 6) is 5.50. The second kappa shape index (κ2) is 4.33. The Morgan fingerprint density at radius 3 is 3.27 bits per heavy atom. The molecule has 0 bridgehead atoms. The monoisotopic (exact) mass is 205 g/mol. The predicted octanol–water partition coefficient (Wildman–Crippen LogP) is -1.75. The number of benzene rings is 1. The molecule has 5 nitrogen and oxygen atoms in total. The molecule has 0 saturated carbocycles. The number of ether oxygens (including phenoxy) is 1. The van der Waals surface area contributed by atoms with Crippen molar-refractivity contribution in [2.75, 3.05) is 13.2 Å². The van der Waals surface area contributed by atoms with Crippen LogP contribution in [0.2, 0.25) is 0 Å². The van der Waals surface area contributed by atoms with Crippen molar-refractivity contribution < 1.29 is 9.53 Å². The van der Waals surface area contributed by atoms with Gasteiger partial charge in [0, 0.05) is 12.1 Å². The number of carbonyl (C=O) groups is 1. The van der Waals surface area contributed by atoms with Gasteiger partial charge in [0.1, 0.15) is 5.75 Å². The second-order valence-corrected chi connectivity index (χ2v) is 3.32. The largest absolute Gasteiger partial charge is 0.493 e. The molecule has 6 heteroatoms. The minimum absolute atomic E-state index is 0.307. The predicted molar refractivity (Wildman–Crippen MR) is 58.4 cm³/mol. The number of amides is 1. The number of hydrazine groups is 1. The molecular weight excluding hydrogens is 193 g/mol. The van der Waals surface area contributed by atoms with Gasteiger partial charge in [-0.3, -0.25) is 10.2 Å². The third-order valence-corrected chi connectivity index (χ3v) is 2.31. The number of rotatable bonds is 1. The van der Waals surface area contributed by atoms with Crippen LogP contribution in [-0.4, -0.2) is 26.5 Å². The van der Waals surface area contributed by atoms with Crippen molar-refractivity contribution in [1.29, 1.82) is 0 Å². The molecule has 2 rings (SSSR count). The molecule has 1 aromatic rings. The van der Waals surface area contributed by atoms with Gasteiger partial charge in [-0.1, -0.05) is 6.07 Å². The Morgan fingerprint density at radius 2 is 2.47 bits per heavy atom. The lowest BCUT2D eigenvalue weighted by Gasteiger charge is -2.07. The Labute approximate surface area is 88.2 Å². The van der Waals surface area contributed by atoms with E-state index in [1.54, 1.807) is 12.1 Å². The molecular formula is C9H12BN3O2. The fourth-order valence-electron chi connectivity index (χ4n) is 1.52. The molecule has 0 saturated heterocycles. The van der Waals surface area contributed by atoms with Gasteiger partial charge in [-0.25, -0.2) is 5.84 Å². The fourth-order valence-corrected chi connectivity index (χ4v) is 1.52. The maximum absolute atomic E-state index is 11.3. The van der Waals surface area contributed by atoms with E-state index in [-0.39, 0.29) is 5.91 Å². The molecule has 0 aromatic heterocycles. The number of nitrogens with two attached hydrogens (primary N) is 1. The number of nitrogen functional groups attached to an aromatic ring is 1. The smallest absolute Gasteiger partial charge is 0.265 e. The Hall–Kier alpha value is -1.53. The van der Waals surface area contributed by atoms with E-state index in [0.29, 0.717) is 12.2 Å². The van der Waals surface area contributed by atoms with Crippen LogP contribution in [0, 0.1) is 0 Å². The van der Waals surface area contributed by atoms with Crippen LogP contribution in [-0.2, 0) is 0 Å². The van der Waals surface area contributed by atoms with Gasteiger partial charge in [0.2, 0.25) is 7.41 Å². The fraction of sp³-hybridized carbons (Fsp3) is 0.222. The van der Waals surface area contributed by atoms with Crippen LogP contribution in [0.5, 0.6) is 5.75 Å². The summed E-state index contributed by atoms with van der Waals surface area (Å²) in [6.45, 7) is 1.42. The summed E-state index contributed by atoms with van der Waals surface area (Å²) in [4.78, 5) is 11.3. The molecule has 1 aliphatic heterocycles. The SMILES string of the molecule is NNC(=O)c1ccc2c(c1)OCCNB2. The van der Waals surface area contributed by atoms with Gasteiger partial charge in [0.05, 0.1) is 6.61 Å². The zero-order valence-corrected chi connectivity index (χ0v) is 8.25. The highest BCUT2D eigenvalue weighted by Crippen LogP contribution is 2.11. The van der Waals surface area contributed by atoms with E-state index < -0.39 is 0 Å². The third kappa shape index (κ3) is 2.11. The van der Waals surface area contributed by atoms with Crippen molar-refractivity contribution in [3.8, 4) is 5.75 Å². The number of nitrogens with one attached hydrogen (secondary N) is 2. The van der Waals surface area contributed by atoms with Gasteiger partial charge in [0.25, 0.3) is 5.91 Å². The summed E-state index contributed by atoms with van der Waals surface area (Å²) >= 11 is 0. The van der Waals surface area contributed by atoms with Crippen LogP contribution in [0.3, 0.4) is 0 Å². The maximum atomic E-state index is 11.3. The Balaban J connectivity index is 2.31. The first-order valence-corrected chi connectivity index (χ1v) is 4.78. The molecule has 0 radical (unpaired) electrons. The van der Waals surface area contributed by atoms with E-state index in [0.717, 1.165) is 25.2 Å². The Bertz CT molecular complexity index is 384. The number of hydrogen-bond acceptors (Lipinski definition) is 4. The number of carbonyl (C=O) groups excluding carboxylic acids is 1. The van der Waals surface area contributed by atoms with Crippen molar-refractivity contribution in [3.63, 3.8) is 0 Å². The summed E-state index contributed by atoms with van der Waals surface area (Å²) in [5, 5.41) is 3.22. The normalized spacial score (nSPS) is 14.2. The van der Waals surface area contributed by atoms with Gasteiger partial charge in [-0.2, -0.15) is 0 Å². The topological polar surface area (TPSA) is 76.4 Å². The first-order chi connectivity index (χ1) is 7.31. The van der Waals surface area contributed by atoms with Crippen molar-refractivity contribution in [3.05, 3.63) is 23.8 Å². The molecule has 0 atom stereocenters. The molecule has 1 amide bonds. The highest BCUT2D eigenvalue weighted by atomic mass is 16.5. The number of fused-ring (bicyclic) bond motifs is 1. The molecule has 1 heterocycles. The molecule has 0 aliphatic carbocycles. The van der Waals surface area contributed by atoms with Gasteiger partial charge < -0.3 is 9.96 Å². The van der Waals surface area contributed by atoms with Crippen LogP contribution in [0.1, 0.15) is 10.4 Å². The molecule has 1 aromatic carbocycles. The van der Waals surface area contributed by atoms with E-state index in [4.69, 9.17) is 10.6 Å². The zero-order chi connectivity index (χ0) is 10.7. The second-order valence-electron chi connectivity index (χ2n) is 3.32. The zero-order valence-electron chi connectivity index (χ0n) is 8.25. The Morgan fingerprint density at radius 1 is 1.60 bits per heavy atom. The lowest BCUT2D eigenvalue weighted by atomic mass is 9.82. The molecule has 78 valence electrons. The highest BCUT2D eigenvalue weighted by Gasteiger charge is 2.12. The van der Waals surface area contributed by atoms with E-state index in [1.165, 1.54) is 0 Å². The summed E-state index contributed by atoms with van der Waals surface area (Å²) < 4.78 is 5.50. The molecule has 1 aliphatic rings. The lowest BCUT2D eigenvalue weighted by Crippen LogP contribution is -2.31. The average molecular weight is 205 g/mol. The summed E-state index contributed by atoms with van der Waals surface area (Å²) in [6.07, 6.45) is 0. The first-order valence-electron chi connectivity index (χ1n) is 4.78. The number of hydrogen-bond donors (Lipinski definition) is 3. The summed E-state index contributed by atoms with van der Waals surface area (Å²) in [7, 11) is 0.764. The molecule has 15 heavy (non-hydrogen) atoms. The van der Waals surface area contributed by atoms with Crippen LogP contribution in [0.15, 0.2) is 18.2 Å². The Kier molecular flexibility index (Phi) is 2.89. The minimum atomic E-state index is -0.307. The summed E-state index contributed by atoms with van der Waals surface area (Å²) in [6, 6.07) is 5.32. The van der Waals surface area contributed by atoms with Crippen molar-refractivity contribution in [1.82, 2.24) is 10.7 Å². The average Bonchev–Trinajstić information content (AvgIpc) is 2.51. The molecule has 0 fully saturated rings. The summed E-state index contributed by atoms with van der Waals surface area (Å²) in [5.41, 5.74) is 3.66. The lowest BCUT2D eigenvalue weighted by molar-refractivity contribution is 0.0953. The van der Waals surface area contributed by atoms with E-state index in [9.17, 15) is 4.79 Å². The molecule has 0 unspecified atom stereocenters. The van der Waals surface area contributed by atoms with E-state index in [1.807, 2.05) is 6.07 Å². The van der Waals surface area contributed by atoms with E-state index >= 15 is 0 Å². The van der Waals surface area contributed by atoms with E-state index in [2.05, 4.69) is 10.7 Å². The van der Waals surface area contributed by atoms with Gasteiger partial charge in [0.15, 0.2) is 0 Å². The van der Waals surface area contributed by atoms with Crippen LogP contribution < -0.4 is 26.7 Å². The minimum Gasteiger partial charge on any atom is -0.493 e. The molecule has 0 spiro atoms. The van der Waals surface area contributed by atoms with Gasteiger partial charge in [-0.15, -0.1) is 0 Å². The quantitative estimate of drug-likeness (QED) is 0.220. The van der Waals surface area contributed by atoms with Gasteiger partial charge >= 0.3 is 0 Å². The standard InChI is InChI=1S/C9H12BN3O2/c11-13-9(14)6-1-2-7-8(5-6)15-4-3-12-10-7/h1-2,5,10,12H,3-4,11H2,(H,13,14). The maximum Gasteiger partial charge on any atom is 0.265 e. The van der Waals surface area contributed by atoms with Crippen LogP contribution in [0.25, 0.3) is 0 Å². The van der Waals surface area contributed by atoms with Crippen molar-refractivity contribution in [2.24, 2.45) is 5.84 Å². The van der Waals surface area contributed by atoms with Crippen molar-refractivity contribution in [2.45, 2.75) is 0 Å². The molecule has 4 N–H and O–H groups in total. The van der Waals surface area contributed by atoms with Crippen LogP contribution in [0.4, 0.5) is 0 Å². The van der Waals surface area contributed by atoms with Gasteiger partial charge in [-0.05, 0) is 17.6 Å². The first kappa shape index (κ1) is 10.0. The van der Waals surface area contributed by atoms with Crippen molar-refractivity contribution >= 4 is 18.8 Å². The highest BCUT2D eigenvalue weighted by molar-refractivity contribution is 6.52. The van der Waals surface area contributed by atoms with Crippen LogP contribution >= 0.6 is 0 Å². The third-order valence-electron chi connectivity index (χ3n) is 2.31.